The Morgan fingerprint density at radius 1 is 1.52 bits per heavy atom. The van der Waals surface area contributed by atoms with E-state index in [1.165, 1.54) is 0 Å². The molecule has 110 valence electrons. The molecule has 2 heterocycles. The standard InChI is InChI=1S/C13H16N6O2/c1-9-16-17-18-19(9)11-4-2-3-10(7-11)15-12(20)13(14)5-6-21-8-13/h2-4,7H,5-6,8,14H2,1H3,(H,15,20). The lowest BCUT2D eigenvalue weighted by molar-refractivity contribution is -0.121. The van der Waals surface area contributed by atoms with Gasteiger partial charge in [-0.2, -0.15) is 4.68 Å². The highest BCUT2D eigenvalue weighted by Crippen LogP contribution is 2.20. The number of tetrazole rings is 1. The third-order valence-electron chi connectivity index (χ3n) is 3.48. The first kappa shape index (κ1) is 13.7. The summed E-state index contributed by atoms with van der Waals surface area (Å²) in [6.07, 6.45) is 0.518. The maximum atomic E-state index is 12.2. The quantitative estimate of drug-likeness (QED) is 0.824. The van der Waals surface area contributed by atoms with Crippen molar-refractivity contribution in [3.05, 3.63) is 30.1 Å². The molecule has 0 aliphatic carbocycles. The van der Waals surface area contributed by atoms with Gasteiger partial charge in [-0.3, -0.25) is 4.79 Å². The topological polar surface area (TPSA) is 108 Å². The van der Waals surface area contributed by atoms with Gasteiger partial charge >= 0.3 is 0 Å². The molecule has 0 bridgehead atoms. The number of benzene rings is 1. The highest BCUT2D eigenvalue weighted by atomic mass is 16.5. The van der Waals surface area contributed by atoms with Crippen LogP contribution in [0.25, 0.3) is 5.69 Å². The second-order valence-corrected chi connectivity index (χ2v) is 5.10. The predicted molar refractivity (Wildman–Crippen MR) is 74.9 cm³/mol. The molecule has 8 heteroatoms. The van der Waals surface area contributed by atoms with Crippen LogP contribution < -0.4 is 11.1 Å². The van der Waals surface area contributed by atoms with Gasteiger partial charge in [-0.25, -0.2) is 0 Å². The highest BCUT2D eigenvalue weighted by Gasteiger charge is 2.38. The molecule has 2 aromatic rings. The largest absolute Gasteiger partial charge is 0.379 e. The smallest absolute Gasteiger partial charge is 0.246 e. The Morgan fingerprint density at radius 2 is 2.38 bits per heavy atom. The Kier molecular flexibility index (Phi) is 3.40. The number of hydrogen-bond donors (Lipinski definition) is 2. The summed E-state index contributed by atoms with van der Waals surface area (Å²) in [5.41, 5.74) is 6.49. The minimum absolute atomic E-state index is 0.241. The average molecular weight is 288 g/mol. The van der Waals surface area contributed by atoms with Crippen molar-refractivity contribution < 1.29 is 9.53 Å². The van der Waals surface area contributed by atoms with Crippen molar-refractivity contribution in [3.63, 3.8) is 0 Å². The molecular formula is C13H16N6O2. The summed E-state index contributed by atoms with van der Waals surface area (Å²) in [7, 11) is 0. The van der Waals surface area contributed by atoms with Crippen LogP contribution in [0.1, 0.15) is 12.2 Å². The molecule has 1 atom stereocenters. The lowest BCUT2D eigenvalue weighted by Crippen LogP contribution is -2.51. The number of anilines is 1. The number of ether oxygens (including phenoxy) is 1. The Hall–Kier alpha value is -2.32. The van der Waals surface area contributed by atoms with E-state index in [0.29, 0.717) is 24.5 Å². The van der Waals surface area contributed by atoms with Gasteiger partial charge in [0.1, 0.15) is 5.54 Å². The van der Waals surface area contributed by atoms with E-state index in [1.54, 1.807) is 23.7 Å². The number of carbonyl (C=O) groups excluding carboxylic acids is 1. The Morgan fingerprint density at radius 3 is 3.05 bits per heavy atom. The van der Waals surface area contributed by atoms with Crippen LogP contribution in [0.2, 0.25) is 0 Å². The van der Waals surface area contributed by atoms with Gasteiger partial charge in [-0.15, -0.1) is 5.10 Å². The zero-order valence-electron chi connectivity index (χ0n) is 11.6. The van der Waals surface area contributed by atoms with Gasteiger partial charge in [0.05, 0.1) is 12.3 Å². The number of amides is 1. The van der Waals surface area contributed by atoms with Gasteiger partial charge < -0.3 is 15.8 Å². The normalized spacial score (nSPS) is 21.4. The van der Waals surface area contributed by atoms with Crippen LogP contribution in [0.5, 0.6) is 0 Å². The van der Waals surface area contributed by atoms with Crippen molar-refractivity contribution >= 4 is 11.6 Å². The summed E-state index contributed by atoms with van der Waals surface area (Å²) < 4.78 is 6.79. The van der Waals surface area contributed by atoms with Crippen LogP contribution in [0.15, 0.2) is 24.3 Å². The second-order valence-electron chi connectivity index (χ2n) is 5.10. The van der Waals surface area contributed by atoms with E-state index in [-0.39, 0.29) is 12.5 Å². The molecule has 1 unspecified atom stereocenters. The fourth-order valence-electron chi connectivity index (χ4n) is 2.20. The molecule has 0 radical (unpaired) electrons. The number of nitrogens with one attached hydrogen (secondary N) is 1. The van der Waals surface area contributed by atoms with Gasteiger partial charge in [0.2, 0.25) is 5.91 Å². The van der Waals surface area contributed by atoms with Gasteiger partial charge in [0.15, 0.2) is 5.82 Å². The average Bonchev–Trinajstić information content (AvgIpc) is 3.09. The summed E-state index contributed by atoms with van der Waals surface area (Å²) >= 11 is 0. The van der Waals surface area contributed by atoms with Crippen molar-refractivity contribution in [1.82, 2.24) is 20.2 Å². The molecule has 3 rings (SSSR count). The minimum Gasteiger partial charge on any atom is -0.379 e. The number of aromatic nitrogens is 4. The van der Waals surface area contributed by atoms with E-state index >= 15 is 0 Å². The minimum atomic E-state index is -0.958. The molecule has 1 aromatic carbocycles. The molecule has 21 heavy (non-hydrogen) atoms. The third-order valence-corrected chi connectivity index (χ3v) is 3.48. The third kappa shape index (κ3) is 2.63. The van der Waals surface area contributed by atoms with E-state index in [4.69, 9.17) is 10.5 Å². The molecule has 1 saturated heterocycles. The lowest BCUT2D eigenvalue weighted by Gasteiger charge is -2.20. The van der Waals surface area contributed by atoms with Crippen molar-refractivity contribution in [3.8, 4) is 5.69 Å². The molecule has 8 nitrogen and oxygen atoms in total. The maximum Gasteiger partial charge on any atom is 0.246 e. The summed E-state index contributed by atoms with van der Waals surface area (Å²) in [5.74, 6) is 0.420. The Labute approximate surface area is 121 Å². The molecule has 1 fully saturated rings. The molecule has 1 aliphatic heterocycles. The van der Waals surface area contributed by atoms with Gasteiger partial charge in [-0.1, -0.05) is 6.07 Å². The Balaban J connectivity index is 1.81. The van der Waals surface area contributed by atoms with Crippen LogP contribution in [-0.2, 0) is 9.53 Å². The first-order chi connectivity index (χ1) is 10.1. The molecule has 1 amide bonds. The summed E-state index contributed by atoms with van der Waals surface area (Å²) in [6, 6.07) is 7.26. The van der Waals surface area contributed by atoms with Crippen LogP contribution in [0.3, 0.4) is 0 Å². The first-order valence-electron chi connectivity index (χ1n) is 6.62. The number of rotatable bonds is 3. The number of aryl methyl sites for hydroxylation is 1. The molecule has 0 spiro atoms. The number of nitrogens with two attached hydrogens (primary N) is 1. The fourth-order valence-corrected chi connectivity index (χ4v) is 2.20. The van der Waals surface area contributed by atoms with E-state index in [2.05, 4.69) is 20.8 Å². The van der Waals surface area contributed by atoms with Crippen molar-refractivity contribution in [2.75, 3.05) is 18.5 Å². The summed E-state index contributed by atoms with van der Waals surface area (Å²) in [6.45, 7) is 2.55. The van der Waals surface area contributed by atoms with Crippen LogP contribution in [-0.4, -0.2) is 44.9 Å². The highest BCUT2D eigenvalue weighted by molar-refractivity contribution is 5.98. The Bertz CT molecular complexity index is 662. The zero-order valence-corrected chi connectivity index (χ0v) is 11.6. The van der Waals surface area contributed by atoms with Gasteiger partial charge in [0.25, 0.3) is 0 Å². The summed E-state index contributed by atoms with van der Waals surface area (Å²) in [4.78, 5) is 12.2. The maximum absolute atomic E-state index is 12.2. The first-order valence-corrected chi connectivity index (χ1v) is 6.62. The van der Waals surface area contributed by atoms with E-state index in [9.17, 15) is 4.79 Å². The molecule has 3 N–H and O–H groups in total. The van der Waals surface area contributed by atoms with Gasteiger partial charge in [-0.05, 0) is 42.0 Å². The molecule has 1 aromatic heterocycles. The molecule has 1 aliphatic rings. The van der Waals surface area contributed by atoms with Crippen LogP contribution in [0, 0.1) is 6.92 Å². The SMILES string of the molecule is Cc1nnnn1-c1cccc(NC(=O)C2(N)CCOC2)c1. The lowest BCUT2D eigenvalue weighted by atomic mass is 9.99. The monoisotopic (exact) mass is 288 g/mol. The zero-order chi connectivity index (χ0) is 14.9. The van der Waals surface area contributed by atoms with Crippen molar-refractivity contribution in [1.29, 1.82) is 0 Å². The van der Waals surface area contributed by atoms with Crippen molar-refractivity contribution in [2.45, 2.75) is 18.9 Å². The number of hydrogen-bond acceptors (Lipinski definition) is 6. The van der Waals surface area contributed by atoms with Crippen LogP contribution >= 0.6 is 0 Å². The van der Waals surface area contributed by atoms with E-state index in [1.807, 2.05) is 12.1 Å². The fraction of sp³-hybridized carbons (Fsp3) is 0.385. The van der Waals surface area contributed by atoms with E-state index in [0.717, 1.165) is 5.69 Å². The van der Waals surface area contributed by atoms with Crippen molar-refractivity contribution in [2.24, 2.45) is 5.73 Å². The van der Waals surface area contributed by atoms with E-state index < -0.39 is 5.54 Å². The summed E-state index contributed by atoms with van der Waals surface area (Å²) in [5, 5.41) is 14.2. The molecular weight excluding hydrogens is 272 g/mol. The second kappa shape index (κ2) is 5.23. The predicted octanol–water partition coefficient (Wildman–Crippen LogP) is 0.0270. The number of nitrogens with zero attached hydrogens (tertiary/aromatic N) is 4. The van der Waals surface area contributed by atoms with Gasteiger partial charge in [0, 0.05) is 12.3 Å². The van der Waals surface area contributed by atoms with Crippen LogP contribution in [0.4, 0.5) is 5.69 Å². The number of carbonyl (C=O) groups is 1. The molecule has 0 saturated carbocycles.